The van der Waals surface area contributed by atoms with Crippen molar-refractivity contribution in [3.63, 3.8) is 0 Å². The fraction of sp³-hybridized carbons (Fsp3) is 0.529. The normalized spacial score (nSPS) is 12.4. The number of hydrogen-bond donors (Lipinski definition) is 2. The molecule has 0 radical (unpaired) electrons. The Labute approximate surface area is 141 Å². The van der Waals surface area contributed by atoms with E-state index in [9.17, 15) is 18.9 Å². The maximum Gasteiger partial charge on any atom is 0.251 e. The van der Waals surface area contributed by atoms with Crippen molar-refractivity contribution in [1.82, 2.24) is 10.6 Å². The molecule has 0 saturated carbocycles. The van der Waals surface area contributed by atoms with Gasteiger partial charge in [0, 0.05) is 24.6 Å². The molecule has 24 heavy (non-hydrogen) atoms. The van der Waals surface area contributed by atoms with Crippen LogP contribution in [0.1, 0.15) is 43.1 Å². The Morgan fingerprint density at radius 2 is 2.00 bits per heavy atom. The topological polar surface area (TPSA) is 87.6 Å². The van der Waals surface area contributed by atoms with Crippen molar-refractivity contribution < 1.29 is 14.0 Å². The fourth-order valence-corrected chi connectivity index (χ4v) is 2.09. The third kappa shape index (κ3) is 6.44. The Bertz CT molecular complexity index is 617. The van der Waals surface area contributed by atoms with Gasteiger partial charge in [0.25, 0.3) is 5.91 Å². The average Bonchev–Trinajstić information content (AvgIpc) is 2.47. The van der Waals surface area contributed by atoms with E-state index in [-0.39, 0.29) is 37.0 Å². The van der Waals surface area contributed by atoms with Gasteiger partial charge >= 0.3 is 0 Å². The van der Waals surface area contributed by atoms with Gasteiger partial charge in [-0.25, -0.2) is 4.39 Å². The summed E-state index contributed by atoms with van der Waals surface area (Å²) in [6, 6.07) is 3.96. The number of nitrogens with zero attached hydrogens (tertiary/aromatic N) is 1. The number of rotatable bonds is 8. The Morgan fingerprint density at radius 1 is 1.33 bits per heavy atom. The van der Waals surface area contributed by atoms with E-state index in [2.05, 4.69) is 15.8 Å². The van der Waals surface area contributed by atoms with E-state index in [1.54, 1.807) is 39.8 Å². The molecule has 0 aliphatic heterocycles. The fourth-order valence-electron chi connectivity index (χ4n) is 2.09. The molecule has 1 atom stereocenters. The van der Waals surface area contributed by atoms with Gasteiger partial charge in [-0.15, -0.1) is 0 Å². The minimum absolute atomic E-state index is 0.0612. The zero-order chi connectivity index (χ0) is 18.3. The summed E-state index contributed by atoms with van der Waals surface area (Å²) >= 11 is 0. The summed E-state index contributed by atoms with van der Waals surface area (Å²) in [7, 11) is 0. The molecule has 1 aromatic carbocycles. The summed E-state index contributed by atoms with van der Waals surface area (Å²) in [6.45, 7) is 7.23. The largest absolute Gasteiger partial charge is 0.354 e. The van der Waals surface area contributed by atoms with Gasteiger partial charge in [-0.2, -0.15) is 4.91 Å². The maximum atomic E-state index is 13.5. The summed E-state index contributed by atoms with van der Waals surface area (Å²) in [5.41, 5.74) is 0.200. The van der Waals surface area contributed by atoms with E-state index < -0.39 is 17.1 Å². The van der Waals surface area contributed by atoms with Crippen LogP contribution in [0, 0.1) is 23.1 Å². The Hall–Kier alpha value is -2.31. The second-order valence-electron chi connectivity index (χ2n) is 6.77. The average molecular weight is 337 g/mol. The van der Waals surface area contributed by atoms with E-state index in [1.165, 1.54) is 6.07 Å². The van der Waals surface area contributed by atoms with Crippen molar-refractivity contribution >= 4 is 11.8 Å². The summed E-state index contributed by atoms with van der Waals surface area (Å²) in [6.07, 6.45) is 0.169. The van der Waals surface area contributed by atoms with Gasteiger partial charge in [0.1, 0.15) is 5.82 Å². The first-order valence-corrected chi connectivity index (χ1v) is 7.77. The van der Waals surface area contributed by atoms with Crippen LogP contribution >= 0.6 is 0 Å². The van der Waals surface area contributed by atoms with Crippen molar-refractivity contribution in [1.29, 1.82) is 0 Å². The molecule has 0 unspecified atom stereocenters. The number of amides is 2. The summed E-state index contributed by atoms with van der Waals surface area (Å²) < 4.78 is 13.5. The molecule has 0 bridgehead atoms. The van der Waals surface area contributed by atoms with Crippen LogP contribution in [0.2, 0.25) is 0 Å². The highest BCUT2D eigenvalue weighted by Crippen LogP contribution is 2.20. The zero-order valence-electron chi connectivity index (χ0n) is 14.5. The first-order chi connectivity index (χ1) is 11.1. The first kappa shape index (κ1) is 19.7. The lowest BCUT2D eigenvalue weighted by Gasteiger charge is -2.21. The van der Waals surface area contributed by atoms with Gasteiger partial charge in [-0.05, 0) is 37.0 Å². The lowest BCUT2D eigenvalue weighted by Crippen LogP contribution is -2.42. The zero-order valence-corrected chi connectivity index (χ0v) is 14.5. The molecule has 0 fully saturated rings. The van der Waals surface area contributed by atoms with Crippen LogP contribution in [0.3, 0.4) is 0 Å². The highest BCUT2D eigenvalue weighted by molar-refractivity contribution is 5.94. The third-order valence-corrected chi connectivity index (χ3v) is 3.55. The quantitative estimate of drug-likeness (QED) is 0.715. The predicted molar refractivity (Wildman–Crippen MR) is 90.1 cm³/mol. The van der Waals surface area contributed by atoms with Crippen molar-refractivity contribution in [3.8, 4) is 0 Å². The maximum absolute atomic E-state index is 13.5. The number of benzene rings is 1. The van der Waals surface area contributed by atoms with Crippen LogP contribution in [0.5, 0.6) is 0 Å². The van der Waals surface area contributed by atoms with Gasteiger partial charge < -0.3 is 10.6 Å². The molecule has 132 valence electrons. The molecule has 0 heterocycles. The third-order valence-electron chi connectivity index (χ3n) is 3.55. The van der Waals surface area contributed by atoms with Crippen molar-refractivity contribution in [3.05, 3.63) is 40.1 Å². The molecule has 1 aromatic rings. The smallest absolute Gasteiger partial charge is 0.251 e. The second-order valence-corrected chi connectivity index (χ2v) is 6.77. The van der Waals surface area contributed by atoms with Gasteiger partial charge in [0.05, 0.1) is 6.54 Å². The number of nitrogens with one attached hydrogen (secondary N) is 2. The van der Waals surface area contributed by atoms with Crippen LogP contribution < -0.4 is 10.6 Å². The first-order valence-electron chi connectivity index (χ1n) is 7.77. The molecule has 7 heteroatoms. The Morgan fingerprint density at radius 3 is 2.58 bits per heavy atom. The minimum atomic E-state index is -0.502. The number of carbonyl (C=O) groups excluding carboxylic acids is 2. The van der Waals surface area contributed by atoms with Gasteiger partial charge in [-0.1, -0.05) is 25.1 Å². The molecule has 2 N–H and O–H groups in total. The number of hydrogen-bond acceptors (Lipinski definition) is 4. The lowest BCUT2D eigenvalue weighted by molar-refractivity contribution is -0.123. The van der Waals surface area contributed by atoms with Crippen molar-refractivity contribution in [2.24, 2.45) is 10.6 Å². The molecule has 0 spiro atoms. The van der Waals surface area contributed by atoms with E-state index >= 15 is 0 Å². The molecule has 6 nitrogen and oxygen atoms in total. The van der Waals surface area contributed by atoms with Gasteiger partial charge in [0.2, 0.25) is 5.91 Å². The Kier molecular flexibility index (Phi) is 7.00. The monoisotopic (exact) mass is 337 g/mol. The number of carbonyl (C=O) groups is 2. The highest BCUT2D eigenvalue weighted by Gasteiger charge is 2.22. The summed E-state index contributed by atoms with van der Waals surface area (Å²) in [4.78, 5) is 34.2. The molecule has 0 aromatic heterocycles. The molecule has 2 amide bonds. The molecular formula is C17H24FN3O3. The number of halogens is 1. The molecule has 0 aliphatic carbocycles. The predicted octanol–water partition coefficient (Wildman–Crippen LogP) is 2.55. The molecule has 0 aliphatic rings. The van der Waals surface area contributed by atoms with Crippen LogP contribution in [0.25, 0.3) is 0 Å². The van der Waals surface area contributed by atoms with Crippen LogP contribution in [0.4, 0.5) is 4.39 Å². The van der Waals surface area contributed by atoms with Crippen molar-refractivity contribution in [2.75, 3.05) is 13.1 Å². The van der Waals surface area contributed by atoms with Crippen LogP contribution in [-0.2, 0) is 4.79 Å². The van der Waals surface area contributed by atoms with E-state index in [4.69, 9.17) is 0 Å². The lowest BCUT2D eigenvalue weighted by atomic mass is 9.89. The SMILES string of the molecule is Cc1ccc(C(=O)N[C@@H](C)CNC(=O)CC(C)(C)CN=O)cc1F. The molecule has 0 saturated heterocycles. The van der Waals surface area contributed by atoms with Gasteiger partial charge in [0.15, 0.2) is 0 Å². The molecular weight excluding hydrogens is 313 g/mol. The molecule has 1 rings (SSSR count). The van der Waals surface area contributed by atoms with Crippen LogP contribution in [0.15, 0.2) is 23.4 Å². The summed E-state index contributed by atoms with van der Waals surface area (Å²) in [5.74, 6) is -1.05. The number of nitroso groups, excluding NO2 is 1. The van der Waals surface area contributed by atoms with E-state index in [0.29, 0.717) is 5.56 Å². The highest BCUT2D eigenvalue weighted by atomic mass is 19.1. The van der Waals surface area contributed by atoms with Gasteiger partial charge in [-0.3, -0.25) is 9.59 Å². The summed E-state index contributed by atoms with van der Waals surface area (Å²) in [5, 5.41) is 8.22. The van der Waals surface area contributed by atoms with E-state index in [0.717, 1.165) is 0 Å². The van der Waals surface area contributed by atoms with Crippen LogP contribution in [-0.4, -0.2) is 30.9 Å². The second kappa shape index (κ2) is 8.52. The number of aryl methyl sites for hydroxylation is 1. The Balaban J connectivity index is 2.46. The van der Waals surface area contributed by atoms with Crippen molar-refractivity contribution in [2.45, 2.75) is 40.2 Å². The minimum Gasteiger partial charge on any atom is -0.354 e. The standard InChI is InChI=1S/C17H24FN3O3/c1-11-5-6-13(7-14(11)18)16(23)21-12(2)9-19-15(22)8-17(3,4)10-20-24/h5-7,12H,8-10H2,1-4H3,(H,19,22)(H,21,23)/t12-/m0/s1. The van der Waals surface area contributed by atoms with E-state index in [1.807, 2.05) is 0 Å².